The molecule has 3 aromatic rings. The Morgan fingerprint density at radius 1 is 0.947 bits per heavy atom. The van der Waals surface area contributed by atoms with Gasteiger partial charge in [0.25, 0.3) is 0 Å². The first-order valence-corrected chi connectivity index (χ1v) is 6.38. The first-order valence-electron chi connectivity index (χ1n) is 6.00. The van der Waals surface area contributed by atoms with Crippen molar-refractivity contribution in [3.63, 3.8) is 0 Å². The maximum atomic E-state index is 5.95. The van der Waals surface area contributed by atoms with Gasteiger partial charge in [0.15, 0.2) is 0 Å². The highest BCUT2D eigenvalue weighted by atomic mass is 35.5. The van der Waals surface area contributed by atoms with E-state index in [1.165, 1.54) is 0 Å². The van der Waals surface area contributed by atoms with Crippen LogP contribution in [0, 0.1) is 0 Å². The van der Waals surface area contributed by atoms with E-state index in [9.17, 15) is 0 Å². The van der Waals surface area contributed by atoms with Crippen LogP contribution in [0.2, 0.25) is 5.02 Å². The first kappa shape index (κ1) is 11.9. The molecule has 0 fully saturated rings. The molecule has 0 saturated heterocycles. The summed E-state index contributed by atoms with van der Waals surface area (Å²) in [6, 6.07) is 13.8. The summed E-state index contributed by atoms with van der Waals surface area (Å²) in [4.78, 5) is 8.55. The zero-order chi connectivity index (χ0) is 13.1. The van der Waals surface area contributed by atoms with Crippen molar-refractivity contribution < 1.29 is 0 Å². The Kier molecular flexibility index (Phi) is 3.29. The number of benzene rings is 2. The lowest BCUT2D eigenvalue weighted by molar-refractivity contribution is 1.15. The van der Waals surface area contributed by atoms with E-state index in [1.54, 1.807) is 12.4 Å². The lowest BCUT2D eigenvalue weighted by Crippen LogP contribution is -1.99. The average Bonchev–Trinajstić information content (AvgIpc) is 2.45. The van der Waals surface area contributed by atoms with Gasteiger partial charge in [0.1, 0.15) is 0 Å². The first-order chi connectivity index (χ1) is 9.31. The second kappa shape index (κ2) is 5.24. The fraction of sp³-hybridized carbons (Fsp3) is 0.0667. The zero-order valence-corrected chi connectivity index (χ0v) is 10.9. The van der Waals surface area contributed by atoms with Crippen molar-refractivity contribution in [2.75, 3.05) is 5.32 Å². The van der Waals surface area contributed by atoms with E-state index in [0.717, 1.165) is 33.9 Å². The second-order valence-corrected chi connectivity index (χ2v) is 4.68. The van der Waals surface area contributed by atoms with Crippen LogP contribution in [0.5, 0.6) is 0 Å². The van der Waals surface area contributed by atoms with E-state index >= 15 is 0 Å². The third-order valence-electron chi connectivity index (χ3n) is 2.85. The van der Waals surface area contributed by atoms with Crippen LogP contribution in [0.25, 0.3) is 11.0 Å². The summed E-state index contributed by atoms with van der Waals surface area (Å²) >= 11 is 5.95. The number of fused-ring (bicyclic) bond motifs is 1. The van der Waals surface area contributed by atoms with E-state index in [2.05, 4.69) is 21.4 Å². The number of rotatable bonds is 3. The fourth-order valence-electron chi connectivity index (χ4n) is 1.92. The van der Waals surface area contributed by atoms with Crippen molar-refractivity contribution in [1.29, 1.82) is 0 Å². The number of halogens is 1. The quantitative estimate of drug-likeness (QED) is 0.784. The summed E-state index contributed by atoms with van der Waals surface area (Å²) < 4.78 is 0. The molecular formula is C15H12ClN3. The third kappa shape index (κ3) is 2.83. The van der Waals surface area contributed by atoms with Gasteiger partial charge in [-0.1, -0.05) is 23.7 Å². The standard InChI is InChI=1S/C15H12ClN3/c16-12-2-1-3-13(9-12)19-10-11-4-5-14-15(8-11)18-7-6-17-14/h1-9,19H,10H2. The summed E-state index contributed by atoms with van der Waals surface area (Å²) in [5.74, 6) is 0. The summed E-state index contributed by atoms with van der Waals surface area (Å²) in [7, 11) is 0. The molecular weight excluding hydrogens is 258 g/mol. The van der Waals surface area contributed by atoms with Crippen LogP contribution in [-0.2, 0) is 6.54 Å². The Labute approximate surface area is 116 Å². The minimum Gasteiger partial charge on any atom is -0.381 e. The van der Waals surface area contributed by atoms with Gasteiger partial charge in [-0.15, -0.1) is 0 Å². The Bertz CT molecular complexity index is 712. The highest BCUT2D eigenvalue weighted by Crippen LogP contribution is 2.17. The predicted molar refractivity (Wildman–Crippen MR) is 78.3 cm³/mol. The van der Waals surface area contributed by atoms with Crippen LogP contribution >= 0.6 is 11.6 Å². The minimum absolute atomic E-state index is 0.729. The molecule has 0 aliphatic carbocycles. The van der Waals surface area contributed by atoms with Crippen LogP contribution in [0.3, 0.4) is 0 Å². The Morgan fingerprint density at radius 2 is 1.79 bits per heavy atom. The van der Waals surface area contributed by atoms with Crippen molar-refractivity contribution in [1.82, 2.24) is 9.97 Å². The van der Waals surface area contributed by atoms with E-state index in [1.807, 2.05) is 36.4 Å². The maximum absolute atomic E-state index is 5.95. The molecule has 1 aromatic heterocycles. The van der Waals surface area contributed by atoms with Gasteiger partial charge >= 0.3 is 0 Å². The van der Waals surface area contributed by atoms with Crippen molar-refractivity contribution in [3.8, 4) is 0 Å². The number of nitrogens with zero attached hydrogens (tertiary/aromatic N) is 2. The Balaban J connectivity index is 1.78. The van der Waals surface area contributed by atoms with Crippen LogP contribution < -0.4 is 5.32 Å². The molecule has 1 heterocycles. The van der Waals surface area contributed by atoms with Gasteiger partial charge in [-0.05, 0) is 35.9 Å². The van der Waals surface area contributed by atoms with Crippen LogP contribution in [0.1, 0.15) is 5.56 Å². The van der Waals surface area contributed by atoms with Crippen molar-refractivity contribution in [3.05, 3.63) is 65.4 Å². The molecule has 2 aromatic carbocycles. The molecule has 3 rings (SSSR count). The molecule has 0 saturated carbocycles. The van der Waals surface area contributed by atoms with E-state index < -0.39 is 0 Å². The minimum atomic E-state index is 0.729. The van der Waals surface area contributed by atoms with Gasteiger partial charge < -0.3 is 5.32 Å². The van der Waals surface area contributed by atoms with Gasteiger partial charge in [-0.3, -0.25) is 9.97 Å². The molecule has 94 valence electrons. The third-order valence-corrected chi connectivity index (χ3v) is 3.09. The largest absolute Gasteiger partial charge is 0.381 e. The topological polar surface area (TPSA) is 37.8 Å². The lowest BCUT2D eigenvalue weighted by atomic mass is 10.2. The van der Waals surface area contributed by atoms with Gasteiger partial charge in [0.2, 0.25) is 0 Å². The average molecular weight is 270 g/mol. The van der Waals surface area contributed by atoms with E-state index in [4.69, 9.17) is 11.6 Å². The van der Waals surface area contributed by atoms with Crippen LogP contribution in [-0.4, -0.2) is 9.97 Å². The zero-order valence-electron chi connectivity index (χ0n) is 10.2. The molecule has 0 spiro atoms. The van der Waals surface area contributed by atoms with Gasteiger partial charge in [-0.25, -0.2) is 0 Å². The summed E-state index contributed by atoms with van der Waals surface area (Å²) in [5.41, 5.74) is 3.99. The molecule has 0 radical (unpaired) electrons. The molecule has 1 N–H and O–H groups in total. The van der Waals surface area contributed by atoms with Crippen molar-refractivity contribution in [2.45, 2.75) is 6.54 Å². The van der Waals surface area contributed by atoms with Crippen LogP contribution in [0.15, 0.2) is 54.9 Å². The predicted octanol–water partition coefficient (Wildman–Crippen LogP) is 3.90. The highest BCUT2D eigenvalue weighted by molar-refractivity contribution is 6.30. The highest BCUT2D eigenvalue weighted by Gasteiger charge is 1.99. The molecule has 19 heavy (non-hydrogen) atoms. The monoisotopic (exact) mass is 269 g/mol. The number of hydrogen-bond donors (Lipinski definition) is 1. The molecule has 3 nitrogen and oxygen atoms in total. The number of nitrogens with one attached hydrogen (secondary N) is 1. The number of anilines is 1. The van der Waals surface area contributed by atoms with Gasteiger partial charge in [-0.2, -0.15) is 0 Å². The Hall–Kier alpha value is -2.13. The molecule has 0 aliphatic rings. The summed E-state index contributed by atoms with van der Waals surface area (Å²) in [6.07, 6.45) is 3.41. The second-order valence-electron chi connectivity index (χ2n) is 4.24. The van der Waals surface area contributed by atoms with Crippen molar-refractivity contribution in [2.24, 2.45) is 0 Å². The normalized spacial score (nSPS) is 10.6. The maximum Gasteiger partial charge on any atom is 0.0890 e. The van der Waals surface area contributed by atoms with E-state index in [0.29, 0.717) is 0 Å². The molecule has 0 atom stereocenters. The molecule has 0 aliphatic heterocycles. The number of aromatic nitrogens is 2. The number of hydrogen-bond acceptors (Lipinski definition) is 3. The fourth-order valence-corrected chi connectivity index (χ4v) is 2.11. The van der Waals surface area contributed by atoms with Crippen LogP contribution in [0.4, 0.5) is 5.69 Å². The molecule has 0 bridgehead atoms. The molecule has 0 amide bonds. The smallest absolute Gasteiger partial charge is 0.0890 e. The SMILES string of the molecule is Clc1cccc(NCc2ccc3nccnc3c2)c1. The van der Waals surface area contributed by atoms with Crippen molar-refractivity contribution >= 4 is 28.3 Å². The van der Waals surface area contributed by atoms with Gasteiger partial charge in [0.05, 0.1) is 11.0 Å². The molecule has 4 heteroatoms. The summed E-state index contributed by atoms with van der Waals surface area (Å²) in [6.45, 7) is 0.729. The summed E-state index contributed by atoms with van der Waals surface area (Å²) in [5, 5.41) is 4.06. The Morgan fingerprint density at radius 3 is 2.63 bits per heavy atom. The van der Waals surface area contributed by atoms with E-state index in [-0.39, 0.29) is 0 Å². The van der Waals surface area contributed by atoms with Gasteiger partial charge in [0, 0.05) is 29.6 Å². The molecule has 0 unspecified atom stereocenters. The lowest BCUT2D eigenvalue weighted by Gasteiger charge is -2.07.